The highest BCUT2D eigenvalue weighted by atomic mass is 79.9. The van der Waals surface area contributed by atoms with E-state index in [0.717, 1.165) is 5.56 Å². The van der Waals surface area contributed by atoms with E-state index in [1.54, 1.807) is 24.3 Å². The summed E-state index contributed by atoms with van der Waals surface area (Å²) in [6.45, 7) is 0.418. The van der Waals surface area contributed by atoms with Crippen LogP contribution in [-0.4, -0.2) is 5.11 Å². The molecule has 0 aliphatic carbocycles. The molecule has 0 aliphatic rings. The van der Waals surface area contributed by atoms with Crippen molar-refractivity contribution in [1.82, 2.24) is 0 Å². The quantitative estimate of drug-likeness (QED) is 0.904. The van der Waals surface area contributed by atoms with Gasteiger partial charge in [-0.25, -0.2) is 4.39 Å². The summed E-state index contributed by atoms with van der Waals surface area (Å²) < 4.78 is 14.2. The second-order valence-corrected chi connectivity index (χ2v) is 4.80. The molecule has 0 atom stereocenters. The van der Waals surface area contributed by atoms with Crippen molar-refractivity contribution in [2.24, 2.45) is 0 Å². The molecule has 0 bridgehead atoms. The van der Waals surface area contributed by atoms with Crippen molar-refractivity contribution in [2.75, 3.05) is 5.32 Å². The summed E-state index contributed by atoms with van der Waals surface area (Å²) in [5.74, 6) is -0.301. The molecule has 0 saturated carbocycles. The molecule has 2 aromatic rings. The van der Waals surface area contributed by atoms with E-state index in [1.807, 2.05) is 6.07 Å². The third-order valence-corrected chi connectivity index (χ3v) is 3.23. The molecule has 0 unspecified atom stereocenters. The van der Waals surface area contributed by atoms with Crippen LogP contribution in [0.5, 0.6) is 5.75 Å². The number of nitrogens with zero attached hydrogens (tertiary/aromatic N) is 1. The summed E-state index contributed by atoms with van der Waals surface area (Å²) in [5, 5.41) is 21.0. The van der Waals surface area contributed by atoms with Crippen molar-refractivity contribution >= 4 is 21.6 Å². The Kier molecular flexibility index (Phi) is 4.03. The molecule has 0 aromatic heterocycles. The van der Waals surface area contributed by atoms with Gasteiger partial charge in [0.05, 0.1) is 21.8 Å². The minimum absolute atomic E-state index is 0.160. The zero-order valence-corrected chi connectivity index (χ0v) is 11.4. The zero-order valence-electron chi connectivity index (χ0n) is 9.82. The molecule has 0 saturated heterocycles. The van der Waals surface area contributed by atoms with E-state index in [2.05, 4.69) is 21.2 Å². The van der Waals surface area contributed by atoms with Crippen LogP contribution in [0.3, 0.4) is 0 Å². The third kappa shape index (κ3) is 3.24. The maximum absolute atomic E-state index is 13.6. The first kappa shape index (κ1) is 13.4. The molecule has 3 nitrogen and oxygen atoms in total. The lowest BCUT2D eigenvalue weighted by Gasteiger charge is -2.08. The van der Waals surface area contributed by atoms with E-state index >= 15 is 0 Å². The number of benzene rings is 2. The van der Waals surface area contributed by atoms with E-state index in [1.165, 1.54) is 12.1 Å². The van der Waals surface area contributed by atoms with Crippen LogP contribution in [0.1, 0.15) is 11.1 Å². The molecular weight excluding hydrogens is 311 g/mol. The van der Waals surface area contributed by atoms with Gasteiger partial charge in [0.2, 0.25) is 0 Å². The van der Waals surface area contributed by atoms with E-state index in [4.69, 9.17) is 5.26 Å². The summed E-state index contributed by atoms with van der Waals surface area (Å²) in [5.41, 5.74) is 1.52. The second kappa shape index (κ2) is 5.72. The molecule has 0 spiro atoms. The number of rotatable bonds is 3. The van der Waals surface area contributed by atoms with E-state index in [0.29, 0.717) is 16.7 Å². The Morgan fingerprint density at radius 3 is 2.68 bits per heavy atom. The number of nitriles is 1. The Bertz CT molecular complexity index is 652. The fourth-order valence-electron chi connectivity index (χ4n) is 1.59. The first-order valence-electron chi connectivity index (χ1n) is 5.51. The van der Waals surface area contributed by atoms with Crippen LogP contribution in [0.4, 0.5) is 10.1 Å². The molecule has 19 heavy (non-hydrogen) atoms. The lowest BCUT2D eigenvalue weighted by molar-refractivity contribution is 0.471. The third-order valence-electron chi connectivity index (χ3n) is 2.59. The number of nitrogens with one attached hydrogen (secondary N) is 1. The SMILES string of the molecule is N#Cc1ccc(NCc2ccc(O)c(Br)c2)c(F)c1. The molecule has 2 rings (SSSR count). The number of halogens is 2. The number of phenolic OH excluding ortho intramolecular Hbond substituents is 1. The smallest absolute Gasteiger partial charge is 0.147 e. The highest BCUT2D eigenvalue weighted by molar-refractivity contribution is 9.10. The van der Waals surface area contributed by atoms with Gasteiger partial charge >= 0.3 is 0 Å². The number of phenols is 1. The fraction of sp³-hybridized carbons (Fsp3) is 0.0714. The van der Waals surface area contributed by atoms with Gasteiger partial charge in [0.15, 0.2) is 0 Å². The van der Waals surface area contributed by atoms with Crippen molar-refractivity contribution in [3.63, 3.8) is 0 Å². The number of hydrogen-bond acceptors (Lipinski definition) is 3. The summed E-state index contributed by atoms with van der Waals surface area (Å²) in [4.78, 5) is 0. The van der Waals surface area contributed by atoms with Crippen LogP contribution in [0.25, 0.3) is 0 Å². The van der Waals surface area contributed by atoms with Gasteiger partial charge in [-0.1, -0.05) is 6.07 Å². The topological polar surface area (TPSA) is 56.0 Å². The van der Waals surface area contributed by atoms with E-state index in [-0.39, 0.29) is 11.3 Å². The van der Waals surface area contributed by atoms with Crippen molar-refractivity contribution in [1.29, 1.82) is 5.26 Å². The Labute approximate surface area is 118 Å². The van der Waals surface area contributed by atoms with Gasteiger partial charge in [0.1, 0.15) is 11.6 Å². The minimum Gasteiger partial charge on any atom is -0.507 e. The highest BCUT2D eigenvalue weighted by Gasteiger charge is 2.04. The van der Waals surface area contributed by atoms with Gasteiger partial charge in [-0.05, 0) is 51.8 Å². The van der Waals surface area contributed by atoms with Crippen LogP contribution < -0.4 is 5.32 Å². The van der Waals surface area contributed by atoms with E-state index < -0.39 is 5.82 Å². The van der Waals surface area contributed by atoms with Crippen molar-refractivity contribution in [2.45, 2.75) is 6.54 Å². The molecule has 2 aromatic carbocycles. The molecule has 0 radical (unpaired) electrons. The molecule has 0 aliphatic heterocycles. The van der Waals surface area contributed by atoms with Gasteiger partial charge in [0, 0.05) is 6.54 Å². The molecule has 2 N–H and O–H groups in total. The van der Waals surface area contributed by atoms with Gasteiger partial charge in [0.25, 0.3) is 0 Å². The van der Waals surface area contributed by atoms with Gasteiger partial charge < -0.3 is 10.4 Å². The minimum atomic E-state index is -0.461. The van der Waals surface area contributed by atoms with Crippen LogP contribution in [0.2, 0.25) is 0 Å². The average Bonchev–Trinajstić information content (AvgIpc) is 2.41. The predicted molar refractivity (Wildman–Crippen MR) is 74.2 cm³/mol. The van der Waals surface area contributed by atoms with Gasteiger partial charge in [-0.2, -0.15) is 5.26 Å². The average molecular weight is 321 g/mol. The maximum atomic E-state index is 13.6. The highest BCUT2D eigenvalue weighted by Crippen LogP contribution is 2.25. The summed E-state index contributed by atoms with van der Waals surface area (Å²) >= 11 is 3.22. The predicted octanol–water partition coefficient (Wildman–Crippen LogP) is 3.78. The number of anilines is 1. The Balaban J connectivity index is 2.10. The first-order chi connectivity index (χ1) is 9.10. The summed E-state index contributed by atoms with van der Waals surface area (Å²) in [7, 11) is 0. The van der Waals surface area contributed by atoms with Crippen LogP contribution >= 0.6 is 15.9 Å². The fourth-order valence-corrected chi connectivity index (χ4v) is 2.01. The Hall–Kier alpha value is -2.06. The molecule has 0 amide bonds. The van der Waals surface area contributed by atoms with E-state index in [9.17, 15) is 9.50 Å². The largest absolute Gasteiger partial charge is 0.507 e. The Morgan fingerprint density at radius 1 is 1.26 bits per heavy atom. The standard InChI is InChI=1S/C14H10BrFN2O/c15-11-5-10(2-4-14(11)19)8-18-13-3-1-9(7-17)6-12(13)16/h1-6,18-19H,8H2. The van der Waals surface area contributed by atoms with Crippen LogP contribution in [0, 0.1) is 17.1 Å². The Morgan fingerprint density at radius 2 is 2.05 bits per heavy atom. The number of aromatic hydroxyl groups is 1. The maximum Gasteiger partial charge on any atom is 0.147 e. The van der Waals surface area contributed by atoms with Crippen molar-refractivity contribution in [3.8, 4) is 11.8 Å². The lowest BCUT2D eigenvalue weighted by Crippen LogP contribution is -2.01. The van der Waals surface area contributed by atoms with Crippen LogP contribution in [-0.2, 0) is 6.54 Å². The van der Waals surface area contributed by atoms with Gasteiger partial charge in [-0.15, -0.1) is 0 Å². The summed E-state index contributed by atoms with van der Waals surface area (Å²) in [6, 6.07) is 11.2. The molecule has 5 heteroatoms. The lowest BCUT2D eigenvalue weighted by atomic mass is 10.2. The zero-order chi connectivity index (χ0) is 13.8. The second-order valence-electron chi connectivity index (χ2n) is 3.95. The molecule has 96 valence electrons. The normalized spacial score (nSPS) is 9.95. The number of hydrogen-bond donors (Lipinski definition) is 2. The molecule has 0 fully saturated rings. The van der Waals surface area contributed by atoms with Crippen molar-refractivity contribution < 1.29 is 9.50 Å². The van der Waals surface area contributed by atoms with Crippen LogP contribution in [0.15, 0.2) is 40.9 Å². The van der Waals surface area contributed by atoms with Crippen molar-refractivity contribution in [3.05, 3.63) is 57.8 Å². The first-order valence-corrected chi connectivity index (χ1v) is 6.30. The monoisotopic (exact) mass is 320 g/mol. The summed E-state index contributed by atoms with van der Waals surface area (Å²) in [6.07, 6.45) is 0. The van der Waals surface area contributed by atoms with Gasteiger partial charge in [-0.3, -0.25) is 0 Å². The molecular formula is C14H10BrFN2O. The molecule has 0 heterocycles.